The molecule has 0 saturated carbocycles. The number of benzene rings is 1. The second kappa shape index (κ2) is 14.4. The predicted octanol–water partition coefficient (Wildman–Crippen LogP) is 6.77. The first-order valence-electron chi connectivity index (χ1n) is 14.3. The van der Waals surface area contributed by atoms with Gasteiger partial charge in [-0.3, -0.25) is 0 Å². The molecule has 0 aliphatic rings. The summed E-state index contributed by atoms with van der Waals surface area (Å²) in [6, 6.07) is 9.82. The van der Waals surface area contributed by atoms with Gasteiger partial charge in [-0.25, -0.2) is 0 Å². The Kier molecular flexibility index (Phi) is 13.3. The summed E-state index contributed by atoms with van der Waals surface area (Å²) < 4.78 is 52.4. The lowest BCUT2D eigenvalue weighted by atomic mass is 10.2. The summed E-state index contributed by atoms with van der Waals surface area (Å²) in [5.74, 6) is 0.495. The van der Waals surface area contributed by atoms with Gasteiger partial charge in [0.2, 0.25) is 0 Å². The van der Waals surface area contributed by atoms with Crippen molar-refractivity contribution in [1.29, 1.82) is 0 Å². The highest BCUT2D eigenvalue weighted by Gasteiger charge is 2.57. The van der Waals surface area contributed by atoms with Gasteiger partial charge in [0.1, 0.15) is 5.76 Å². The largest absolute Gasteiger partial charge is 0.750 e. The third-order valence-corrected chi connectivity index (χ3v) is 11.5. The summed E-state index contributed by atoms with van der Waals surface area (Å²) >= 11 is 0. The van der Waals surface area contributed by atoms with Crippen molar-refractivity contribution in [3.63, 3.8) is 0 Å². The van der Waals surface area contributed by atoms with Gasteiger partial charge in [-0.15, -0.1) is 0 Å². The van der Waals surface area contributed by atoms with E-state index in [0.717, 1.165) is 5.56 Å². The van der Waals surface area contributed by atoms with Gasteiger partial charge in [0.25, 0.3) is 0 Å². The molecule has 0 atom stereocenters. The summed E-state index contributed by atoms with van der Waals surface area (Å²) in [5.41, 5.74) is -1.57. The van der Waals surface area contributed by atoms with Crippen LogP contribution < -0.4 is 0 Å². The molecule has 0 aromatic heterocycles. The van der Waals surface area contributed by atoms with Crippen LogP contribution in [-0.2, 0) is 35.4 Å². The molecule has 0 N–H and O–H groups in total. The lowest BCUT2D eigenvalue weighted by molar-refractivity contribution is -0.0989. The average molecular weight is 617 g/mol. The average Bonchev–Trinajstić information content (AvgIpc) is 2.72. The molecule has 1 aromatic rings. The van der Waals surface area contributed by atoms with Crippen molar-refractivity contribution in [2.75, 3.05) is 13.2 Å². The lowest BCUT2D eigenvalue weighted by Gasteiger charge is -2.40. The first-order valence-corrected chi connectivity index (χ1v) is 19.7. The molecule has 0 fully saturated rings. The summed E-state index contributed by atoms with van der Waals surface area (Å²) in [6.07, 6.45) is 0. The Morgan fingerprint density at radius 1 is 0.600 bits per heavy atom. The SMILES string of the molecule is CCO[Si](OC([SiH2]C)=C(O[Si](OCC)(OC(C)(C)C)OC(C)(C)C)c1ccccc1)(OC(C)(C)C)OC(C)(C)C. The number of hydrogen-bond donors (Lipinski definition) is 0. The van der Waals surface area contributed by atoms with E-state index >= 15 is 0 Å². The Hall–Kier alpha value is -1.03. The fraction of sp³-hybridized carbons (Fsp3) is 0.724. The van der Waals surface area contributed by atoms with Crippen LogP contribution in [0.2, 0.25) is 6.55 Å². The Bertz CT molecular complexity index is 894. The van der Waals surface area contributed by atoms with Crippen LogP contribution in [0.5, 0.6) is 0 Å². The van der Waals surface area contributed by atoms with Crippen molar-refractivity contribution < 1.29 is 35.4 Å². The van der Waals surface area contributed by atoms with Crippen LogP contribution in [0.25, 0.3) is 5.76 Å². The van der Waals surface area contributed by atoms with Gasteiger partial charge >= 0.3 is 18.1 Å². The molecule has 1 rings (SSSR count). The molecule has 0 unspecified atom stereocenters. The van der Waals surface area contributed by atoms with E-state index in [4.69, 9.17) is 35.4 Å². The molecule has 0 bridgehead atoms. The molecule has 0 amide bonds. The van der Waals surface area contributed by atoms with Gasteiger partial charge in [-0.1, -0.05) is 36.9 Å². The van der Waals surface area contributed by atoms with E-state index in [9.17, 15) is 0 Å². The van der Waals surface area contributed by atoms with Crippen molar-refractivity contribution in [1.82, 2.24) is 0 Å². The zero-order valence-electron chi connectivity index (χ0n) is 27.8. The third-order valence-electron chi connectivity index (χ3n) is 4.45. The minimum absolute atomic E-state index is 0.345. The van der Waals surface area contributed by atoms with Crippen LogP contribution in [0, 0.1) is 0 Å². The highest BCUT2D eigenvalue weighted by molar-refractivity contribution is 6.58. The molecule has 232 valence electrons. The molecule has 11 heteroatoms. The smallest absolute Gasteiger partial charge is 0.485 e. The van der Waals surface area contributed by atoms with Crippen LogP contribution in [0.15, 0.2) is 35.7 Å². The van der Waals surface area contributed by atoms with Crippen molar-refractivity contribution >= 4 is 33.4 Å². The standard InChI is InChI=1S/C29H56O8Si3/c1-16-30-39(34-26(3,4)5,35-27(6,7)8)32-24(23-21-19-18-20-22-23)25(38-15)33-40(31-17-2,36-28(9,10)11)37-29(12,13)14/h18-22H,16-17,38H2,1-15H3. The topological polar surface area (TPSA) is 73.8 Å². The molecular formula is C29H56O8Si3. The van der Waals surface area contributed by atoms with Crippen LogP contribution in [-0.4, -0.2) is 63.2 Å². The third kappa shape index (κ3) is 13.8. The normalized spacial score (nSPS) is 15.0. The van der Waals surface area contributed by atoms with Crippen LogP contribution >= 0.6 is 0 Å². The van der Waals surface area contributed by atoms with Gasteiger partial charge in [-0.05, 0) is 96.9 Å². The summed E-state index contributed by atoms with van der Waals surface area (Å²) in [4.78, 5) is 0. The van der Waals surface area contributed by atoms with Gasteiger partial charge in [0, 0.05) is 18.8 Å². The van der Waals surface area contributed by atoms with Crippen LogP contribution in [0.4, 0.5) is 0 Å². The quantitative estimate of drug-likeness (QED) is 0.168. The molecule has 0 heterocycles. The van der Waals surface area contributed by atoms with Crippen molar-refractivity contribution in [3.05, 3.63) is 41.3 Å². The lowest BCUT2D eigenvalue weighted by Crippen LogP contribution is -2.57. The van der Waals surface area contributed by atoms with Crippen LogP contribution in [0.1, 0.15) is 102 Å². The Morgan fingerprint density at radius 2 is 0.950 bits per heavy atom. The molecule has 8 nitrogen and oxygen atoms in total. The molecule has 1 aromatic carbocycles. The Balaban J connectivity index is 3.98. The van der Waals surface area contributed by atoms with Crippen molar-refractivity contribution in [3.8, 4) is 0 Å². The molecule has 0 saturated heterocycles. The highest BCUT2D eigenvalue weighted by Crippen LogP contribution is 2.35. The zero-order valence-corrected chi connectivity index (χ0v) is 31.2. The van der Waals surface area contributed by atoms with E-state index in [1.165, 1.54) is 0 Å². The Morgan fingerprint density at radius 3 is 1.25 bits per heavy atom. The minimum atomic E-state index is -3.80. The van der Waals surface area contributed by atoms with Gasteiger partial charge < -0.3 is 35.4 Å². The maximum absolute atomic E-state index is 6.87. The van der Waals surface area contributed by atoms with Gasteiger partial charge in [-0.2, -0.15) is 0 Å². The molecule has 0 radical (unpaired) electrons. The Labute approximate surface area is 248 Å². The van der Waals surface area contributed by atoms with Crippen molar-refractivity contribution in [2.45, 2.75) is 126 Å². The molecule has 0 aliphatic heterocycles. The molecule has 0 aliphatic carbocycles. The van der Waals surface area contributed by atoms with Gasteiger partial charge in [0.15, 0.2) is 0 Å². The number of rotatable bonds is 14. The second-order valence-electron chi connectivity index (χ2n) is 13.4. The van der Waals surface area contributed by atoms with Gasteiger partial charge in [0.05, 0.1) is 37.3 Å². The van der Waals surface area contributed by atoms with E-state index in [-0.39, 0.29) is 0 Å². The number of hydrogen-bond acceptors (Lipinski definition) is 8. The zero-order chi connectivity index (χ0) is 31.0. The molecular weight excluding hydrogens is 561 g/mol. The van der Waals surface area contributed by atoms with E-state index in [1.807, 2.05) is 127 Å². The maximum Gasteiger partial charge on any atom is 0.750 e. The monoisotopic (exact) mass is 616 g/mol. The minimum Gasteiger partial charge on any atom is -0.485 e. The maximum atomic E-state index is 6.87. The second-order valence-corrected chi connectivity index (χ2v) is 18.6. The van der Waals surface area contributed by atoms with Crippen LogP contribution in [0.3, 0.4) is 0 Å². The van der Waals surface area contributed by atoms with E-state index in [1.54, 1.807) is 0 Å². The van der Waals surface area contributed by atoms with E-state index in [0.29, 0.717) is 24.4 Å². The molecule has 40 heavy (non-hydrogen) atoms. The highest BCUT2D eigenvalue weighted by atomic mass is 28.4. The summed E-state index contributed by atoms with van der Waals surface area (Å²) in [7, 11) is -8.60. The van der Waals surface area contributed by atoms with E-state index in [2.05, 4.69) is 6.55 Å². The predicted molar refractivity (Wildman–Crippen MR) is 168 cm³/mol. The summed E-state index contributed by atoms with van der Waals surface area (Å²) in [5, 5.41) is 0.631. The fourth-order valence-electron chi connectivity index (χ4n) is 3.58. The first kappa shape index (κ1) is 37.0. The van der Waals surface area contributed by atoms with Crippen molar-refractivity contribution in [2.24, 2.45) is 0 Å². The molecule has 0 spiro atoms. The van der Waals surface area contributed by atoms with E-state index < -0.39 is 50.0 Å². The summed E-state index contributed by atoms with van der Waals surface area (Å²) in [6.45, 7) is 30.2. The fourth-order valence-corrected chi connectivity index (χ4v) is 10.6. The first-order chi connectivity index (χ1) is 18.1.